The first-order valence-electron chi connectivity index (χ1n) is 6.92. The second-order valence-electron chi connectivity index (χ2n) is 5.23. The Kier molecular flexibility index (Phi) is 3.88. The number of nitriles is 1. The van der Waals surface area contributed by atoms with Crippen LogP contribution in [0.5, 0.6) is 0 Å². The Morgan fingerprint density at radius 1 is 1.33 bits per heavy atom. The third-order valence-corrected chi connectivity index (χ3v) is 3.98. The van der Waals surface area contributed by atoms with Gasteiger partial charge in [0.1, 0.15) is 17.5 Å². The molecule has 1 N–H and O–H groups in total. The smallest absolute Gasteiger partial charge is 0.231 e. The van der Waals surface area contributed by atoms with Gasteiger partial charge in [-0.2, -0.15) is 15.2 Å². The molecule has 1 heterocycles. The third kappa shape index (κ3) is 3.39. The number of aromatic nitrogens is 3. The van der Waals surface area contributed by atoms with E-state index < -0.39 is 0 Å². The number of nitrogens with zero attached hydrogens (tertiary/aromatic N) is 4. The third-order valence-electron chi connectivity index (χ3n) is 3.44. The van der Waals surface area contributed by atoms with Crippen LogP contribution in [-0.2, 0) is 4.79 Å². The fraction of sp³-hybridized carbons (Fsp3) is 0.500. The molecular formula is C14H15N5OS. The molecule has 0 radical (unpaired) electrons. The quantitative estimate of drug-likeness (QED) is 0.489. The van der Waals surface area contributed by atoms with Gasteiger partial charge in [-0.1, -0.05) is 11.8 Å². The van der Waals surface area contributed by atoms with E-state index in [1.165, 1.54) is 18.0 Å². The number of thioether (sulfide) groups is 1. The first-order chi connectivity index (χ1) is 10.2. The van der Waals surface area contributed by atoms with Crippen LogP contribution in [0, 0.1) is 17.2 Å². The highest BCUT2D eigenvalue weighted by Crippen LogP contribution is 2.38. The standard InChI is InChI=1S/C14H15N5OS/c1-21-14-18-12(9-4-5-9)17-13(19-14)16-7-10(6-15)11(20)8-2-3-8/h7-9H,2-5H2,1H3,(H,16,17,18,19)/b10-7+. The van der Waals surface area contributed by atoms with Crippen LogP contribution in [0.2, 0.25) is 0 Å². The number of carbonyl (C=O) groups excluding carboxylic acids is 1. The van der Waals surface area contributed by atoms with Crippen LogP contribution in [0.3, 0.4) is 0 Å². The molecule has 1 aromatic rings. The van der Waals surface area contributed by atoms with Gasteiger partial charge in [0, 0.05) is 18.0 Å². The largest absolute Gasteiger partial charge is 0.329 e. The molecule has 2 fully saturated rings. The number of ketones is 1. The van der Waals surface area contributed by atoms with Gasteiger partial charge in [-0.3, -0.25) is 4.79 Å². The number of Topliss-reactive ketones (excluding diaryl/α,β-unsaturated/α-hetero) is 1. The van der Waals surface area contributed by atoms with Crippen molar-refractivity contribution in [3.8, 4) is 6.07 Å². The Bertz CT molecular complexity index is 643. The molecule has 6 nitrogen and oxygen atoms in total. The molecule has 0 unspecified atom stereocenters. The van der Waals surface area contributed by atoms with Crippen LogP contribution in [-0.4, -0.2) is 27.0 Å². The van der Waals surface area contributed by atoms with Crippen molar-refractivity contribution in [1.82, 2.24) is 15.0 Å². The highest BCUT2D eigenvalue weighted by atomic mass is 32.2. The lowest BCUT2D eigenvalue weighted by molar-refractivity contribution is -0.116. The van der Waals surface area contributed by atoms with E-state index in [1.54, 1.807) is 0 Å². The molecular weight excluding hydrogens is 286 g/mol. The van der Waals surface area contributed by atoms with Gasteiger partial charge in [0.15, 0.2) is 10.9 Å². The molecule has 0 atom stereocenters. The molecule has 0 spiro atoms. The zero-order valence-electron chi connectivity index (χ0n) is 11.7. The van der Waals surface area contributed by atoms with Gasteiger partial charge in [-0.15, -0.1) is 0 Å². The van der Waals surface area contributed by atoms with Gasteiger partial charge >= 0.3 is 0 Å². The van der Waals surface area contributed by atoms with E-state index >= 15 is 0 Å². The molecule has 108 valence electrons. The molecule has 1 aromatic heterocycles. The monoisotopic (exact) mass is 301 g/mol. The van der Waals surface area contributed by atoms with E-state index in [1.807, 2.05) is 12.3 Å². The Morgan fingerprint density at radius 2 is 2.10 bits per heavy atom. The van der Waals surface area contributed by atoms with Gasteiger partial charge in [0.2, 0.25) is 5.95 Å². The number of nitrogens with one attached hydrogen (secondary N) is 1. The summed E-state index contributed by atoms with van der Waals surface area (Å²) in [4.78, 5) is 24.9. The van der Waals surface area contributed by atoms with Gasteiger partial charge in [0.25, 0.3) is 0 Å². The second kappa shape index (κ2) is 5.82. The van der Waals surface area contributed by atoms with E-state index in [4.69, 9.17) is 5.26 Å². The topological polar surface area (TPSA) is 91.6 Å². The molecule has 2 aliphatic carbocycles. The van der Waals surface area contributed by atoms with Gasteiger partial charge < -0.3 is 5.32 Å². The summed E-state index contributed by atoms with van der Waals surface area (Å²) in [6.45, 7) is 0. The molecule has 21 heavy (non-hydrogen) atoms. The molecule has 2 saturated carbocycles. The average molecular weight is 301 g/mol. The zero-order valence-corrected chi connectivity index (χ0v) is 12.5. The molecule has 2 aliphatic rings. The highest BCUT2D eigenvalue weighted by Gasteiger charge is 2.32. The van der Waals surface area contributed by atoms with Gasteiger partial charge in [-0.05, 0) is 31.9 Å². The van der Waals surface area contributed by atoms with Crippen molar-refractivity contribution >= 4 is 23.5 Å². The van der Waals surface area contributed by atoms with E-state index in [0.29, 0.717) is 17.0 Å². The molecule has 0 saturated heterocycles. The lowest BCUT2D eigenvalue weighted by Crippen LogP contribution is -2.08. The molecule has 0 amide bonds. The van der Waals surface area contributed by atoms with E-state index in [2.05, 4.69) is 20.3 Å². The van der Waals surface area contributed by atoms with Crippen molar-refractivity contribution in [2.45, 2.75) is 36.8 Å². The first-order valence-corrected chi connectivity index (χ1v) is 8.14. The Hall–Kier alpha value is -1.94. The number of carbonyl (C=O) groups is 1. The fourth-order valence-electron chi connectivity index (χ4n) is 1.91. The van der Waals surface area contributed by atoms with Crippen LogP contribution in [0.1, 0.15) is 37.4 Å². The molecule has 3 rings (SSSR count). The maximum atomic E-state index is 11.9. The van der Waals surface area contributed by atoms with Crippen molar-refractivity contribution in [3.05, 3.63) is 17.6 Å². The van der Waals surface area contributed by atoms with Crippen molar-refractivity contribution in [2.75, 3.05) is 11.6 Å². The lowest BCUT2D eigenvalue weighted by Gasteiger charge is -2.05. The summed E-state index contributed by atoms with van der Waals surface area (Å²) >= 11 is 1.45. The Labute approximate surface area is 127 Å². The summed E-state index contributed by atoms with van der Waals surface area (Å²) in [5, 5.41) is 12.6. The lowest BCUT2D eigenvalue weighted by atomic mass is 10.1. The van der Waals surface area contributed by atoms with E-state index in [-0.39, 0.29) is 17.3 Å². The van der Waals surface area contributed by atoms with Crippen LogP contribution >= 0.6 is 11.8 Å². The van der Waals surface area contributed by atoms with Gasteiger partial charge in [0.05, 0.1) is 0 Å². The minimum absolute atomic E-state index is 0.0276. The summed E-state index contributed by atoms with van der Waals surface area (Å²) in [5.41, 5.74) is 0.136. The summed E-state index contributed by atoms with van der Waals surface area (Å²) in [6.07, 6.45) is 7.30. The number of hydrogen-bond donors (Lipinski definition) is 1. The van der Waals surface area contributed by atoms with Crippen molar-refractivity contribution in [3.63, 3.8) is 0 Å². The van der Waals surface area contributed by atoms with Crippen LogP contribution in [0.25, 0.3) is 0 Å². The predicted molar refractivity (Wildman–Crippen MR) is 78.6 cm³/mol. The second-order valence-corrected chi connectivity index (χ2v) is 6.00. The summed E-state index contributed by atoms with van der Waals surface area (Å²) < 4.78 is 0. The zero-order chi connectivity index (χ0) is 14.8. The molecule has 0 aromatic carbocycles. The predicted octanol–water partition coefficient (Wildman–Crippen LogP) is 2.27. The first kappa shape index (κ1) is 14.0. The van der Waals surface area contributed by atoms with Gasteiger partial charge in [-0.25, -0.2) is 4.98 Å². The van der Waals surface area contributed by atoms with Crippen molar-refractivity contribution < 1.29 is 4.79 Å². The molecule has 7 heteroatoms. The SMILES string of the molecule is CSc1nc(N/C=C(\C#N)C(=O)C2CC2)nc(C2CC2)n1. The number of anilines is 1. The minimum Gasteiger partial charge on any atom is -0.329 e. The average Bonchev–Trinajstić information content (AvgIpc) is 3.40. The Balaban J connectivity index is 1.78. The number of allylic oxidation sites excluding steroid dienone is 1. The summed E-state index contributed by atoms with van der Waals surface area (Å²) in [5.74, 6) is 1.54. The maximum Gasteiger partial charge on any atom is 0.231 e. The highest BCUT2D eigenvalue weighted by molar-refractivity contribution is 7.98. The van der Waals surface area contributed by atoms with Crippen molar-refractivity contribution in [1.29, 1.82) is 5.26 Å². The maximum absolute atomic E-state index is 11.9. The normalized spacial score (nSPS) is 18.2. The summed E-state index contributed by atoms with van der Waals surface area (Å²) in [6, 6.07) is 1.94. The molecule has 0 aliphatic heterocycles. The summed E-state index contributed by atoms with van der Waals surface area (Å²) in [7, 11) is 0. The van der Waals surface area contributed by atoms with Crippen molar-refractivity contribution in [2.24, 2.45) is 5.92 Å². The number of rotatable bonds is 6. The van der Waals surface area contributed by atoms with E-state index in [0.717, 1.165) is 31.5 Å². The fourth-order valence-corrected chi connectivity index (χ4v) is 2.28. The molecule has 0 bridgehead atoms. The number of hydrogen-bond acceptors (Lipinski definition) is 7. The van der Waals surface area contributed by atoms with Crippen LogP contribution in [0.4, 0.5) is 5.95 Å². The van der Waals surface area contributed by atoms with Crippen LogP contribution < -0.4 is 5.32 Å². The minimum atomic E-state index is -0.0911. The van der Waals surface area contributed by atoms with Crippen LogP contribution in [0.15, 0.2) is 16.9 Å². The Morgan fingerprint density at radius 3 is 2.67 bits per heavy atom. The van der Waals surface area contributed by atoms with E-state index in [9.17, 15) is 4.79 Å².